The topological polar surface area (TPSA) is 171 Å². The van der Waals surface area contributed by atoms with Crippen molar-refractivity contribution in [2.45, 2.75) is 50.3 Å². The van der Waals surface area contributed by atoms with Crippen LogP contribution in [0.3, 0.4) is 0 Å². The third kappa shape index (κ3) is 6.31. The van der Waals surface area contributed by atoms with Crippen molar-refractivity contribution < 1.29 is 22.7 Å². The van der Waals surface area contributed by atoms with Crippen molar-refractivity contribution in [2.75, 3.05) is 17.7 Å². The number of anilines is 1. The number of nitrogens with two attached hydrogens (primary N) is 3. The first kappa shape index (κ1) is 24.9. The van der Waals surface area contributed by atoms with Gasteiger partial charge in [0.25, 0.3) is 5.91 Å². The second-order valence-corrected chi connectivity index (χ2v) is 10.8. The Morgan fingerprint density at radius 3 is 2.35 bits per heavy atom. The van der Waals surface area contributed by atoms with Gasteiger partial charge in [-0.1, -0.05) is 11.6 Å². The minimum Gasteiger partial charge on any atom is -0.460 e. The third-order valence-corrected chi connectivity index (χ3v) is 6.04. The summed E-state index contributed by atoms with van der Waals surface area (Å²) < 4.78 is 30.4. The number of halogens is 1. The largest absolute Gasteiger partial charge is 0.460 e. The van der Waals surface area contributed by atoms with E-state index in [1.807, 2.05) is 0 Å². The fourth-order valence-corrected chi connectivity index (χ4v) is 4.43. The maximum Gasteiger partial charge on any atom is 0.309 e. The van der Waals surface area contributed by atoms with Crippen molar-refractivity contribution >= 4 is 45.0 Å². The third-order valence-electron chi connectivity index (χ3n) is 4.60. The van der Waals surface area contributed by atoms with E-state index in [1.54, 1.807) is 25.7 Å². The summed E-state index contributed by atoms with van der Waals surface area (Å²) in [7, 11) is -3.77. The number of guanidine groups is 1. The van der Waals surface area contributed by atoms with Gasteiger partial charge in [-0.05, 0) is 45.7 Å². The molecular weight excluding hydrogens is 446 g/mol. The molecule has 0 bridgehead atoms. The van der Waals surface area contributed by atoms with Crippen molar-refractivity contribution in [3.8, 4) is 0 Å². The molecule has 172 valence electrons. The molecule has 2 atom stereocenters. The molecule has 1 saturated heterocycles. The molecular formula is C19H28ClN5O5S. The molecule has 1 aliphatic rings. The van der Waals surface area contributed by atoms with Crippen LogP contribution in [0.2, 0.25) is 5.02 Å². The molecule has 6 N–H and O–H groups in total. The predicted octanol–water partition coefficient (Wildman–Crippen LogP) is 1.00. The molecule has 0 aromatic heterocycles. The van der Waals surface area contributed by atoms with Crippen molar-refractivity contribution in [2.24, 2.45) is 28.1 Å². The molecule has 0 radical (unpaired) electrons. The summed E-state index contributed by atoms with van der Waals surface area (Å²) in [5.41, 5.74) is 16.2. The number of carbonyl (C=O) groups excluding carboxylic acids is 2. The second kappa shape index (κ2) is 9.01. The maximum atomic E-state index is 12.5. The average molecular weight is 474 g/mol. The van der Waals surface area contributed by atoms with Crippen LogP contribution >= 0.6 is 11.6 Å². The molecule has 1 aromatic carbocycles. The van der Waals surface area contributed by atoms with E-state index in [1.165, 1.54) is 6.07 Å². The lowest BCUT2D eigenvalue weighted by atomic mass is 9.93. The fourth-order valence-electron chi connectivity index (χ4n) is 3.30. The predicted molar refractivity (Wildman–Crippen MR) is 119 cm³/mol. The smallest absolute Gasteiger partial charge is 0.309 e. The Morgan fingerprint density at radius 1 is 1.26 bits per heavy atom. The van der Waals surface area contributed by atoms with Gasteiger partial charge in [0.1, 0.15) is 5.60 Å². The molecule has 0 aliphatic carbocycles. The van der Waals surface area contributed by atoms with Gasteiger partial charge in [-0.25, -0.2) is 8.42 Å². The Labute approximate surface area is 186 Å². The van der Waals surface area contributed by atoms with E-state index in [9.17, 15) is 18.0 Å². The minimum atomic E-state index is -3.77. The highest BCUT2D eigenvalue weighted by Crippen LogP contribution is 2.36. The molecule has 1 amide bonds. The molecule has 1 fully saturated rings. The average Bonchev–Trinajstić information content (AvgIpc) is 2.58. The van der Waals surface area contributed by atoms with Crippen LogP contribution in [0.25, 0.3) is 0 Å². The normalized spacial score (nSPS) is 19.6. The first-order chi connectivity index (χ1) is 14.1. The Balaban J connectivity index is 2.40. The van der Waals surface area contributed by atoms with Crippen molar-refractivity contribution in [1.29, 1.82) is 0 Å². The zero-order chi connectivity index (χ0) is 23.7. The Kier molecular flexibility index (Phi) is 7.24. The molecule has 0 spiro atoms. The van der Waals surface area contributed by atoms with Gasteiger partial charge in [0.05, 0.1) is 33.3 Å². The highest BCUT2D eigenvalue weighted by Gasteiger charge is 2.35. The highest BCUT2D eigenvalue weighted by molar-refractivity contribution is 7.90. The summed E-state index contributed by atoms with van der Waals surface area (Å²) in [6, 6.07) is 2.48. The lowest BCUT2D eigenvalue weighted by Crippen LogP contribution is -2.50. The standard InChI is InChI=1S/C19H28ClN5O5S/c1-19(2,3)30-17(27)10-5-6-25(15(21)7-10)13-9-12(20)11(16(26)24-18(22)23)8-14(13)31(4,28)29/h8-10,15H,5-7,21H2,1-4H3,(H4,22,23,24,26). The highest BCUT2D eigenvalue weighted by atomic mass is 35.5. The number of benzene rings is 1. The molecule has 12 heteroatoms. The van der Waals surface area contributed by atoms with Gasteiger partial charge in [0.2, 0.25) is 0 Å². The van der Waals surface area contributed by atoms with Crippen LogP contribution in [0.1, 0.15) is 44.0 Å². The van der Waals surface area contributed by atoms with Gasteiger partial charge in [0.15, 0.2) is 15.8 Å². The first-order valence-corrected chi connectivity index (χ1v) is 11.8. The molecule has 2 rings (SSSR count). The monoisotopic (exact) mass is 473 g/mol. The van der Waals surface area contributed by atoms with E-state index in [0.29, 0.717) is 13.0 Å². The zero-order valence-electron chi connectivity index (χ0n) is 17.9. The zero-order valence-corrected chi connectivity index (χ0v) is 19.5. The number of hydrogen-bond acceptors (Lipinski definition) is 7. The summed E-state index contributed by atoms with van der Waals surface area (Å²) in [5.74, 6) is -2.10. The summed E-state index contributed by atoms with van der Waals surface area (Å²) in [4.78, 5) is 29.6. The van der Waals surface area contributed by atoms with Gasteiger partial charge in [-0.3, -0.25) is 9.59 Å². The number of amides is 1. The molecule has 1 heterocycles. The van der Waals surface area contributed by atoms with E-state index in [0.717, 1.165) is 12.3 Å². The van der Waals surface area contributed by atoms with E-state index in [2.05, 4.69) is 4.99 Å². The Bertz CT molecular complexity index is 1020. The van der Waals surface area contributed by atoms with Gasteiger partial charge >= 0.3 is 5.97 Å². The summed E-state index contributed by atoms with van der Waals surface area (Å²) >= 11 is 6.24. The van der Waals surface area contributed by atoms with Crippen molar-refractivity contribution in [3.05, 3.63) is 22.7 Å². The van der Waals surface area contributed by atoms with Gasteiger partial charge in [-0.15, -0.1) is 0 Å². The number of rotatable bonds is 4. The number of aliphatic imine (C=N–C) groups is 1. The van der Waals surface area contributed by atoms with Crippen LogP contribution < -0.4 is 22.1 Å². The minimum absolute atomic E-state index is 0.0288. The van der Waals surface area contributed by atoms with E-state index >= 15 is 0 Å². The van der Waals surface area contributed by atoms with Crippen molar-refractivity contribution in [3.63, 3.8) is 0 Å². The number of ether oxygens (including phenoxy) is 1. The fraction of sp³-hybridized carbons (Fsp3) is 0.526. The van der Waals surface area contributed by atoms with Crippen LogP contribution in [0.15, 0.2) is 22.0 Å². The SMILES string of the molecule is CC(C)(C)OC(=O)C1CCN(c2cc(Cl)c(C(=O)N=C(N)N)cc2S(C)(=O)=O)C(N)C1. The lowest BCUT2D eigenvalue weighted by Gasteiger charge is -2.39. The number of piperidine rings is 1. The van der Waals surface area contributed by atoms with Crippen molar-refractivity contribution in [1.82, 2.24) is 0 Å². The summed E-state index contributed by atoms with van der Waals surface area (Å²) in [5, 5.41) is -0.0288. The molecule has 1 aromatic rings. The van der Waals surface area contributed by atoms with Gasteiger partial charge < -0.3 is 26.8 Å². The van der Waals surface area contributed by atoms with Gasteiger partial charge in [-0.2, -0.15) is 4.99 Å². The second-order valence-electron chi connectivity index (χ2n) is 8.43. The summed E-state index contributed by atoms with van der Waals surface area (Å²) in [6.45, 7) is 5.65. The molecule has 1 aliphatic heterocycles. The molecule has 2 unspecified atom stereocenters. The van der Waals surface area contributed by atoms with Crippen LogP contribution in [-0.4, -0.2) is 50.8 Å². The van der Waals surface area contributed by atoms with Gasteiger partial charge in [0, 0.05) is 12.8 Å². The Morgan fingerprint density at radius 2 is 1.87 bits per heavy atom. The summed E-state index contributed by atoms with van der Waals surface area (Å²) in [6.07, 6.45) is 1.03. The van der Waals surface area contributed by atoms with E-state index in [-0.39, 0.29) is 33.6 Å². The lowest BCUT2D eigenvalue weighted by molar-refractivity contribution is -0.161. The van der Waals surface area contributed by atoms with Crippen LogP contribution in [-0.2, 0) is 19.4 Å². The number of hydrogen-bond donors (Lipinski definition) is 3. The molecule has 10 nitrogen and oxygen atoms in total. The maximum absolute atomic E-state index is 12.5. The van der Waals surface area contributed by atoms with E-state index in [4.69, 9.17) is 33.5 Å². The van der Waals surface area contributed by atoms with E-state index < -0.39 is 39.4 Å². The Hall–Kier alpha value is -2.37. The molecule has 0 saturated carbocycles. The number of esters is 1. The quantitative estimate of drug-likeness (QED) is 0.327. The van der Waals surface area contributed by atoms with Crippen LogP contribution in [0.5, 0.6) is 0 Å². The number of sulfone groups is 1. The number of nitrogens with zero attached hydrogens (tertiary/aromatic N) is 2. The number of carbonyl (C=O) groups is 2. The van der Waals surface area contributed by atoms with Crippen LogP contribution in [0, 0.1) is 5.92 Å². The molecule has 31 heavy (non-hydrogen) atoms. The first-order valence-electron chi connectivity index (χ1n) is 9.53. The van der Waals surface area contributed by atoms with Crippen LogP contribution in [0.4, 0.5) is 5.69 Å².